The molecule has 3 aromatic rings. The Balaban J connectivity index is 1.59. The van der Waals surface area contributed by atoms with Crippen LogP contribution < -0.4 is 4.74 Å². The van der Waals surface area contributed by atoms with Gasteiger partial charge in [-0.05, 0) is 31.2 Å². The summed E-state index contributed by atoms with van der Waals surface area (Å²) < 4.78 is 46.7. The fourth-order valence-corrected chi connectivity index (χ4v) is 2.65. The second kappa shape index (κ2) is 8.38. The monoisotopic (exact) mass is 407 g/mol. The summed E-state index contributed by atoms with van der Waals surface area (Å²) in [5, 5.41) is 8.31. The first-order valence-electron chi connectivity index (χ1n) is 8.86. The summed E-state index contributed by atoms with van der Waals surface area (Å²) in [6, 6.07) is 6.11. The molecule has 29 heavy (non-hydrogen) atoms. The Labute approximate surface area is 165 Å². The molecule has 0 spiro atoms. The summed E-state index contributed by atoms with van der Waals surface area (Å²) in [6.45, 7) is 2.97. The number of carbonyl (C=O) groups is 1. The van der Waals surface area contributed by atoms with E-state index in [9.17, 15) is 18.0 Å². The van der Waals surface area contributed by atoms with Crippen LogP contribution in [0.15, 0.2) is 48.9 Å². The second-order valence-electron chi connectivity index (χ2n) is 6.40. The van der Waals surface area contributed by atoms with Crippen molar-refractivity contribution in [3.8, 4) is 5.75 Å². The van der Waals surface area contributed by atoms with E-state index in [4.69, 9.17) is 4.74 Å². The van der Waals surface area contributed by atoms with Gasteiger partial charge in [-0.1, -0.05) is 6.07 Å². The molecule has 1 aromatic carbocycles. The van der Waals surface area contributed by atoms with Gasteiger partial charge in [0, 0.05) is 38.1 Å². The van der Waals surface area contributed by atoms with Crippen LogP contribution in [0, 0.1) is 0 Å². The molecule has 1 amide bonds. The lowest BCUT2D eigenvalue weighted by Gasteiger charge is -2.14. The van der Waals surface area contributed by atoms with Gasteiger partial charge in [0.1, 0.15) is 5.75 Å². The number of aromatic nitrogens is 4. The number of benzene rings is 1. The zero-order valence-corrected chi connectivity index (χ0v) is 15.9. The molecule has 0 unspecified atom stereocenters. The number of aryl methyl sites for hydroxylation is 1. The first kappa shape index (κ1) is 20.4. The van der Waals surface area contributed by atoms with Gasteiger partial charge in [-0.25, -0.2) is 4.68 Å². The molecule has 0 bridgehead atoms. The number of amides is 1. The molecule has 0 aliphatic heterocycles. The van der Waals surface area contributed by atoms with Gasteiger partial charge in [0.05, 0.1) is 11.8 Å². The number of hydrogen-bond acceptors (Lipinski definition) is 4. The standard InChI is InChI=1S/C19H20F3N5O2/c1-3-26-12-14(10-23-26)11-25(2)18(28)17-7-8-27(24-17)13-29-16-6-4-5-15(9-16)19(20,21)22/h4-10,12H,3,11,13H2,1-2H3. The third kappa shape index (κ3) is 5.15. The maximum Gasteiger partial charge on any atom is 0.416 e. The van der Waals surface area contributed by atoms with Crippen molar-refractivity contribution in [2.24, 2.45) is 0 Å². The summed E-state index contributed by atoms with van der Waals surface area (Å²) in [6.07, 6.45) is 0.659. The zero-order valence-electron chi connectivity index (χ0n) is 15.9. The minimum absolute atomic E-state index is 0.0632. The van der Waals surface area contributed by atoms with Gasteiger partial charge in [-0.15, -0.1) is 0 Å². The second-order valence-corrected chi connectivity index (χ2v) is 6.40. The molecule has 2 aromatic heterocycles. The van der Waals surface area contributed by atoms with E-state index < -0.39 is 11.7 Å². The van der Waals surface area contributed by atoms with Crippen LogP contribution in [0.5, 0.6) is 5.75 Å². The lowest BCUT2D eigenvalue weighted by molar-refractivity contribution is -0.137. The molecule has 0 aliphatic carbocycles. The number of rotatable bonds is 7. The van der Waals surface area contributed by atoms with Gasteiger partial charge in [0.25, 0.3) is 5.91 Å². The third-order valence-corrected chi connectivity index (χ3v) is 4.16. The van der Waals surface area contributed by atoms with Gasteiger partial charge >= 0.3 is 6.18 Å². The van der Waals surface area contributed by atoms with Crippen LogP contribution in [0.4, 0.5) is 13.2 Å². The fraction of sp³-hybridized carbons (Fsp3) is 0.316. The topological polar surface area (TPSA) is 65.2 Å². The number of alkyl halides is 3. The summed E-state index contributed by atoms with van der Waals surface area (Å²) in [7, 11) is 1.66. The summed E-state index contributed by atoms with van der Waals surface area (Å²) >= 11 is 0. The lowest BCUT2D eigenvalue weighted by Crippen LogP contribution is -2.26. The maximum atomic E-state index is 12.8. The molecular formula is C19H20F3N5O2. The van der Waals surface area contributed by atoms with Crippen molar-refractivity contribution >= 4 is 5.91 Å². The molecule has 0 radical (unpaired) electrons. The number of carbonyl (C=O) groups excluding carboxylic acids is 1. The van der Waals surface area contributed by atoms with E-state index >= 15 is 0 Å². The van der Waals surface area contributed by atoms with Crippen LogP contribution in [0.2, 0.25) is 0 Å². The molecule has 0 fully saturated rings. The summed E-state index contributed by atoms with van der Waals surface area (Å²) in [5.74, 6) is -0.222. The van der Waals surface area contributed by atoms with E-state index in [1.165, 1.54) is 34.0 Å². The first-order chi connectivity index (χ1) is 13.8. The van der Waals surface area contributed by atoms with E-state index in [-0.39, 0.29) is 24.1 Å². The minimum atomic E-state index is -4.44. The number of ether oxygens (including phenoxy) is 1. The van der Waals surface area contributed by atoms with Crippen LogP contribution in [-0.2, 0) is 26.0 Å². The van der Waals surface area contributed by atoms with Crippen LogP contribution >= 0.6 is 0 Å². The quantitative estimate of drug-likeness (QED) is 0.602. The largest absolute Gasteiger partial charge is 0.471 e. The highest BCUT2D eigenvalue weighted by atomic mass is 19.4. The van der Waals surface area contributed by atoms with Gasteiger partial charge in [0.2, 0.25) is 0 Å². The molecule has 0 N–H and O–H groups in total. The minimum Gasteiger partial charge on any atom is -0.471 e. The highest BCUT2D eigenvalue weighted by molar-refractivity contribution is 5.91. The molecular weight excluding hydrogens is 387 g/mol. The van der Waals surface area contributed by atoms with Gasteiger partial charge < -0.3 is 9.64 Å². The Hall–Kier alpha value is -3.30. The SMILES string of the molecule is CCn1cc(CN(C)C(=O)c2ccn(COc3cccc(C(F)(F)F)c3)n2)cn1. The molecule has 0 aliphatic rings. The van der Waals surface area contributed by atoms with Crippen molar-refractivity contribution in [3.05, 3.63) is 65.7 Å². The summed E-state index contributed by atoms with van der Waals surface area (Å²) in [5.41, 5.74) is 0.317. The van der Waals surface area contributed by atoms with E-state index in [1.807, 2.05) is 13.1 Å². The van der Waals surface area contributed by atoms with E-state index in [0.29, 0.717) is 6.54 Å². The molecule has 7 nitrogen and oxygen atoms in total. The number of halogens is 3. The van der Waals surface area contributed by atoms with Crippen molar-refractivity contribution in [1.82, 2.24) is 24.5 Å². The highest BCUT2D eigenvalue weighted by Crippen LogP contribution is 2.31. The van der Waals surface area contributed by atoms with E-state index in [2.05, 4.69) is 10.2 Å². The van der Waals surface area contributed by atoms with Crippen molar-refractivity contribution < 1.29 is 22.7 Å². The number of nitrogens with zero attached hydrogens (tertiary/aromatic N) is 5. The smallest absolute Gasteiger partial charge is 0.416 e. The molecule has 0 saturated carbocycles. The predicted octanol–water partition coefficient (Wildman–Crippen LogP) is 3.43. The molecule has 2 heterocycles. The van der Waals surface area contributed by atoms with Crippen molar-refractivity contribution in [3.63, 3.8) is 0 Å². The Morgan fingerprint density at radius 2 is 2.03 bits per heavy atom. The van der Waals surface area contributed by atoms with Gasteiger partial charge in [-0.2, -0.15) is 23.4 Å². The highest BCUT2D eigenvalue weighted by Gasteiger charge is 2.30. The Morgan fingerprint density at radius 1 is 1.24 bits per heavy atom. The maximum absolute atomic E-state index is 12.8. The van der Waals surface area contributed by atoms with Gasteiger partial charge in [0.15, 0.2) is 12.4 Å². The average molecular weight is 407 g/mol. The lowest BCUT2D eigenvalue weighted by atomic mass is 10.2. The molecule has 0 atom stereocenters. The predicted molar refractivity (Wildman–Crippen MR) is 98.0 cm³/mol. The Bertz CT molecular complexity index is 980. The Morgan fingerprint density at radius 3 is 2.72 bits per heavy atom. The first-order valence-corrected chi connectivity index (χ1v) is 8.86. The van der Waals surface area contributed by atoms with Crippen LogP contribution in [0.1, 0.15) is 28.5 Å². The normalized spacial score (nSPS) is 11.5. The third-order valence-electron chi connectivity index (χ3n) is 4.16. The fourth-order valence-electron chi connectivity index (χ4n) is 2.65. The molecule has 10 heteroatoms. The molecule has 154 valence electrons. The van der Waals surface area contributed by atoms with Crippen LogP contribution in [-0.4, -0.2) is 37.4 Å². The van der Waals surface area contributed by atoms with Gasteiger partial charge in [-0.3, -0.25) is 9.48 Å². The van der Waals surface area contributed by atoms with Crippen LogP contribution in [0.3, 0.4) is 0 Å². The molecule has 3 rings (SSSR count). The van der Waals surface area contributed by atoms with E-state index in [1.54, 1.807) is 17.9 Å². The van der Waals surface area contributed by atoms with E-state index in [0.717, 1.165) is 24.2 Å². The zero-order chi connectivity index (χ0) is 21.0. The Kier molecular flexibility index (Phi) is 5.90. The van der Waals surface area contributed by atoms with Crippen molar-refractivity contribution in [1.29, 1.82) is 0 Å². The number of hydrogen-bond donors (Lipinski definition) is 0. The average Bonchev–Trinajstić information content (AvgIpc) is 3.34. The summed E-state index contributed by atoms with van der Waals surface area (Å²) in [4.78, 5) is 14.0. The molecule has 0 saturated heterocycles. The van der Waals surface area contributed by atoms with Crippen molar-refractivity contribution in [2.45, 2.75) is 32.9 Å². The van der Waals surface area contributed by atoms with Crippen LogP contribution in [0.25, 0.3) is 0 Å². The van der Waals surface area contributed by atoms with Crippen molar-refractivity contribution in [2.75, 3.05) is 7.05 Å².